The van der Waals surface area contributed by atoms with Gasteiger partial charge in [0.05, 0.1) is 17.3 Å². The van der Waals surface area contributed by atoms with Gasteiger partial charge in [0.15, 0.2) is 24.8 Å². The minimum absolute atomic E-state index is 0.0971. The van der Waals surface area contributed by atoms with E-state index in [2.05, 4.69) is 11.8 Å². The van der Waals surface area contributed by atoms with Gasteiger partial charge in [-0.3, -0.25) is 19.3 Å². The Hall–Kier alpha value is -3.82. The van der Waals surface area contributed by atoms with Gasteiger partial charge < -0.3 is 23.7 Å². The number of benzene rings is 2. The van der Waals surface area contributed by atoms with Gasteiger partial charge in [0.1, 0.15) is 17.3 Å². The summed E-state index contributed by atoms with van der Waals surface area (Å²) in [6.07, 6.45) is 0. The highest BCUT2D eigenvalue weighted by molar-refractivity contribution is 6.32. The number of piperazine rings is 1. The van der Waals surface area contributed by atoms with Gasteiger partial charge in [0.2, 0.25) is 0 Å². The van der Waals surface area contributed by atoms with Crippen molar-refractivity contribution >= 4 is 34.9 Å². The number of nitrogens with zero attached hydrogens (tertiary/aromatic N) is 3. The van der Waals surface area contributed by atoms with Gasteiger partial charge in [-0.25, -0.2) is 0 Å². The Labute approximate surface area is 225 Å². The molecule has 10 heteroatoms. The fourth-order valence-electron chi connectivity index (χ4n) is 4.49. The summed E-state index contributed by atoms with van der Waals surface area (Å²) in [5.74, 6) is 0.870. The number of likely N-dealkylation sites (N-methyl/N-ethyl adjacent to an activating group) is 1. The number of fused-ring (bicyclic) bond motifs is 1. The number of ketones is 1. The van der Waals surface area contributed by atoms with Crippen LogP contribution in [0.5, 0.6) is 11.5 Å². The fraction of sp³-hybridized carbons (Fsp3) is 0.321. The third-order valence-electron chi connectivity index (χ3n) is 6.71. The highest BCUT2D eigenvalue weighted by Gasteiger charge is 2.29. The van der Waals surface area contributed by atoms with Gasteiger partial charge in [0, 0.05) is 31.7 Å². The number of Topliss-reactive ketones (excluding diaryl/α,β-unsaturated/α-hetero) is 1. The monoisotopic (exact) mass is 537 g/mol. The van der Waals surface area contributed by atoms with E-state index in [0.717, 1.165) is 19.6 Å². The van der Waals surface area contributed by atoms with Gasteiger partial charge in [-0.1, -0.05) is 30.7 Å². The maximum Gasteiger partial charge on any atom is 0.289 e. The van der Waals surface area contributed by atoms with Crippen molar-refractivity contribution in [2.75, 3.05) is 50.8 Å². The summed E-state index contributed by atoms with van der Waals surface area (Å²) in [4.78, 5) is 44.1. The van der Waals surface area contributed by atoms with E-state index in [4.69, 9.17) is 25.5 Å². The van der Waals surface area contributed by atoms with Crippen molar-refractivity contribution in [3.05, 3.63) is 76.7 Å². The average molecular weight is 538 g/mol. The van der Waals surface area contributed by atoms with Crippen LogP contribution in [0.1, 0.15) is 33.6 Å². The van der Waals surface area contributed by atoms with E-state index >= 15 is 0 Å². The summed E-state index contributed by atoms with van der Waals surface area (Å²) in [7, 11) is 0. The molecule has 3 heterocycles. The summed E-state index contributed by atoms with van der Waals surface area (Å²) in [5.41, 5.74) is 0.811. The molecule has 2 aliphatic rings. The first-order valence-corrected chi connectivity index (χ1v) is 12.9. The highest BCUT2D eigenvalue weighted by atomic mass is 35.5. The Morgan fingerprint density at radius 1 is 1.03 bits per heavy atom. The molecular weight excluding hydrogens is 510 g/mol. The summed E-state index contributed by atoms with van der Waals surface area (Å²) in [5, 5.41) is 0.412. The van der Waals surface area contributed by atoms with E-state index in [1.165, 1.54) is 4.90 Å². The van der Waals surface area contributed by atoms with Crippen LogP contribution in [0, 0.1) is 0 Å². The van der Waals surface area contributed by atoms with E-state index in [0.29, 0.717) is 46.6 Å². The Kier molecular flexibility index (Phi) is 7.67. The van der Waals surface area contributed by atoms with Gasteiger partial charge in [-0.15, -0.1) is 0 Å². The molecule has 2 amide bonds. The van der Waals surface area contributed by atoms with Gasteiger partial charge in [-0.2, -0.15) is 0 Å². The number of halogens is 1. The molecule has 1 saturated heterocycles. The minimum Gasteiger partial charge on any atom is -0.484 e. The molecule has 0 spiro atoms. The third-order valence-corrected chi connectivity index (χ3v) is 7.02. The predicted molar refractivity (Wildman–Crippen MR) is 141 cm³/mol. The van der Waals surface area contributed by atoms with E-state index in [1.54, 1.807) is 59.5 Å². The second-order valence-electron chi connectivity index (χ2n) is 9.09. The normalized spacial score (nSPS) is 15.7. The molecule has 0 N–H and O–H groups in total. The van der Waals surface area contributed by atoms with Crippen LogP contribution in [0.2, 0.25) is 5.02 Å². The molecule has 0 bridgehead atoms. The van der Waals surface area contributed by atoms with Crippen molar-refractivity contribution in [1.82, 2.24) is 9.80 Å². The molecule has 3 aromatic rings. The number of para-hydroxylation sites is 1. The number of hydrogen-bond donors (Lipinski definition) is 0. The number of ether oxygens (including phenoxy) is 2. The SMILES string of the molecule is CCN1CCN(C(=O)c2ccc(CN3C(=O)COc4ccc(C(=O)COc5ccccc5Cl)cc43)o2)CC1. The molecule has 9 nitrogen and oxygen atoms in total. The molecular formula is C28H28ClN3O6. The Bertz CT molecular complexity index is 1350. The summed E-state index contributed by atoms with van der Waals surface area (Å²) in [6, 6.07) is 15.1. The molecule has 5 rings (SSSR count). The minimum atomic E-state index is -0.283. The summed E-state index contributed by atoms with van der Waals surface area (Å²) >= 11 is 6.11. The molecule has 1 aromatic heterocycles. The lowest BCUT2D eigenvalue weighted by Gasteiger charge is -2.33. The number of hydrogen-bond acceptors (Lipinski definition) is 7. The highest BCUT2D eigenvalue weighted by Crippen LogP contribution is 2.34. The number of anilines is 1. The lowest BCUT2D eigenvalue weighted by Crippen LogP contribution is -2.48. The molecule has 0 aliphatic carbocycles. The number of amides is 2. The molecule has 2 aliphatic heterocycles. The predicted octanol–water partition coefficient (Wildman–Crippen LogP) is 3.90. The second-order valence-corrected chi connectivity index (χ2v) is 9.49. The summed E-state index contributed by atoms with van der Waals surface area (Å²) in [6.45, 7) is 5.78. The Morgan fingerprint density at radius 3 is 2.58 bits per heavy atom. The standard InChI is InChI=1S/C28H28ClN3O6/c1-2-30-11-13-31(14-12-30)28(35)26-10-8-20(38-26)16-32-22-15-19(7-9-25(22)37-18-27(32)34)23(33)17-36-24-6-4-3-5-21(24)29/h3-10,15H,2,11-14,16-18H2,1H3. The van der Waals surface area contributed by atoms with Crippen LogP contribution < -0.4 is 14.4 Å². The molecule has 2 aromatic carbocycles. The van der Waals surface area contributed by atoms with Crippen molar-refractivity contribution in [3.8, 4) is 11.5 Å². The molecule has 0 saturated carbocycles. The van der Waals surface area contributed by atoms with Crippen LogP contribution in [-0.2, 0) is 11.3 Å². The zero-order valence-electron chi connectivity index (χ0n) is 21.0. The lowest BCUT2D eigenvalue weighted by molar-refractivity contribution is -0.121. The van der Waals surface area contributed by atoms with Crippen LogP contribution in [0.15, 0.2) is 59.0 Å². The van der Waals surface area contributed by atoms with E-state index in [1.807, 2.05) is 0 Å². The average Bonchev–Trinajstić information content (AvgIpc) is 3.42. The van der Waals surface area contributed by atoms with E-state index < -0.39 is 0 Å². The van der Waals surface area contributed by atoms with Crippen molar-refractivity contribution in [1.29, 1.82) is 0 Å². The zero-order valence-corrected chi connectivity index (χ0v) is 21.8. The third kappa shape index (κ3) is 5.54. The van der Waals surface area contributed by atoms with Crippen molar-refractivity contribution < 1.29 is 28.3 Å². The molecule has 0 unspecified atom stereocenters. The van der Waals surface area contributed by atoms with Gasteiger partial charge in [-0.05, 0) is 49.0 Å². The zero-order chi connectivity index (χ0) is 26.6. The van der Waals surface area contributed by atoms with Crippen LogP contribution in [0.3, 0.4) is 0 Å². The van der Waals surface area contributed by atoms with Crippen molar-refractivity contribution in [2.24, 2.45) is 0 Å². The smallest absolute Gasteiger partial charge is 0.289 e. The number of furan rings is 1. The first-order valence-electron chi connectivity index (χ1n) is 12.5. The van der Waals surface area contributed by atoms with E-state index in [9.17, 15) is 14.4 Å². The maximum atomic E-state index is 12.9. The lowest BCUT2D eigenvalue weighted by atomic mass is 10.1. The number of carbonyl (C=O) groups is 3. The second kappa shape index (κ2) is 11.3. The molecule has 198 valence electrons. The quantitative estimate of drug-likeness (QED) is 0.402. The van der Waals surface area contributed by atoms with Gasteiger partial charge in [0.25, 0.3) is 11.8 Å². The van der Waals surface area contributed by atoms with Crippen molar-refractivity contribution in [3.63, 3.8) is 0 Å². The summed E-state index contributed by atoms with van der Waals surface area (Å²) < 4.78 is 17.0. The topological polar surface area (TPSA) is 92.5 Å². The van der Waals surface area contributed by atoms with Crippen LogP contribution in [0.25, 0.3) is 0 Å². The van der Waals surface area contributed by atoms with E-state index in [-0.39, 0.29) is 43.1 Å². The number of rotatable bonds is 8. The maximum absolute atomic E-state index is 12.9. The van der Waals surface area contributed by atoms with Crippen molar-refractivity contribution in [2.45, 2.75) is 13.5 Å². The first-order chi connectivity index (χ1) is 18.4. The molecule has 1 fully saturated rings. The fourth-order valence-corrected chi connectivity index (χ4v) is 4.68. The number of carbonyl (C=O) groups excluding carboxylic acids is 3. The molecule has 0 radical (unpaired) electrons. The molecule has 38 heavy (non-hydrogen) atoms. The Morgan fingerprint density at radius 2 is 1.82 bits per heavy atom. The van der Waals surface area contributed by atoms with Crippen LogP contribution in [-0.4, -0.2) is 73.3 Å². The first kappa shape index (κ1) is 25.8. The van der Waals surface area contributed by atoms with Crippen LogP contribution >= 0.6 is 11.6 Å². The van der Waals surface area contributed by atoms with Crippen LogP contribution in [0.4, 0.5) is 5.69 Å². The molecule has 0 atom stereocenters. The Balaban J connectivity index is 1.28. The van der Waals surface area contributed by atoms with Gasteiger partial charge >= 0.3 is 0 Å². The largest absolute Gasteiger partial charge is 0.484 e.